The highest BCUT2D eigenvalue weighted by molar-refractivity contribution is 5.15. The maximum absolute atomic E-state index is 5.46. The molecule has 0 saturated heterocycles. The number of nitrogens with zero attached hydrogens (tertiary/aromatic N) is 1. The van der Waals surface area contributed by atoms with Gasteiger partial charge in [-0.25, -0.2) is 0 Å². The molecular weight excluding hydrogens is 228 g/mol. The predicted molar refractivity (Wildman–Crippen MR) is 73.8 cm³/mol. The summed E-state index contributed by atoms with van der Waals surface area (Å²) in [5.41, 5.74) is 1.36. The molecule has 0 aliphatic carbocycles. The summed E-state index contributed by atoms with van der Waals surface area (Å²) in [4.78, 5) is 0. The van der Waals surface area contributed by atoms with Gasteiger partial charge in [-0.3, -0.25) is 0 Å². The average Bonchev–Trinajstić information content (AvgIpc) is 2.84. The number of rotatable bonds is 10. The van der Waals surface area contributed by atoms with E-state index in [1.807, 2.05) is 7.05 Å². The minimum atomic E-state index is 0.464. The van der Waals surface area contributed by atoms with E-state index >= 15 is 0 Å². The standard InChI is InChI=1S/C14H26N2O2/c1-4-5-14(15-2)13-6-7-16(12-13)8-9-18-11-10-17-3/h6-7,12,14-15H,4-5,8-11H2,1-3H3. The minimum absolute atomic E-state index is 0.464. The lowest BCUT2D eigenvalue weighted by Gasteiger charge is -2.13. The molecule has 0 aliphatic heterocycles. The monoisotopic (exact) mass is 254 g/mol. The van der Waals surface area contributed by atoms with Crippen LogP contribution in [-0.4, -0.2) is 38.5 Å². The lowest BCUT2D eigenvalue weighted by molar-refractivity contribution is 0.0666. The van der Waals surface area contributed by atoms with Gasteiger partial charge in [0.15, 0.2) is 0 Å². The van der Waals surface area contributed by atoms with Crippen molar-refractivity contribution in [3.63, 3.8) is 0 Å². The second-order valence-electron chi connectivity index (χ2n) is 4.42. The van der Waals surface area contributed by atoms with E-state index in [1.54, 1.807) is 7.11 Å². The molecule has 18 heavy (non-hydrogen) atoms. The van der Waals surface area contributed by atoms with Gasteiger partial charge in [0.05, 0.1) is 19.8 Å². The summed E-state index contributed by atoms with van der Waals surface area (Å²) in [6, 6.07) is 2.65. The first-order valence-electron chi connectivity index (χ1n) is 6.71. The van der Waals surface area contributed by atoms with E-state index in [0.29, 0.717) is 19.3 Å². The summed E-state index contributed by atoms with van der Waals surface area (Å²) < 4.78 is 12.6. The normalized spacial score (nSPS) is 12.8. The van der Waals surface area contributed by atoms with Gasteiger partial charge in [-0.2, -0.15) is 0 Å². The number of methoxy groups -OCH3 is 1. The molecule has 1 heterocycles. The molecule has 1 rings (SSSR count). The Morgan fingerprint density at radius 2 is 2.17 bits per heavy atom. The first-order chi connectivity index (χ1) is 8.81. The van der Waals surface area contributed by atoms with Crippen molar-refractivity contribution in [3.05, 3.63) is 24.0 Å². The van der Waals surface area contributed by atoms with Crippen LogP contribution in [-0.2, 0) is 16.0 Å². The molecule has 0 fully saturated rings. The molecule has 104 valence electrons. The molecule has 1 N–H and O–H groups in total. The number of hydrogen-bond acceptors (Lipinski definition) is 3. The number of aromatic nitrogens is 1. The van der Waals surface area contributed by atoms with E-state index in [-0.39, 0.29) is 0 Å². The molecule has 0 aliphatic rings. The summed E-state index contributed by atoms with van der Waals surface area (Å²) >= 11 is 0. The van der Waals surface area contributed by atoms with Gasteiger partial charge in [0.25, 0.3) is 0 Å². The zero-order valence-corrected chi connectivity index (χ0v) is 11.8. The molecule has 4 heteroatoms. The molecule has 0 amide bonds. The first-order valence-corrected chi connectivity index (χ1v) is 6.71. The summed E-state index contributed by atoms with van der Waals surface area (Å²) in [6.45, 7) is 5.17. The molecule has 0 spiro atoms. The third kappa shape index (κ3) is 5.21. The summed E-state index contributed by atoms with van der Waals surface area (Å²) in [5.74, 6) is 0. The van der Waals surface area contributed by atoms with Gasteiger partial charge in [0.1, 0.15) is 0 Å². The molecule has 0 aromatic carbocycles. The van der Waals surface area contributed by atoms with Crippen LogP contribution in [0.5, 0.6) is 0 Å². The van der Waals surface area contributed by atoms with Crippen molar-refractivity contribution < 1.29 is 9.47 Å². The van der Waals surface area contributed by atoms with Crippen molar-refractivity contribution in [2.45, 2.75) is 32.4 Å². The highest BCUT2D eigenvalue weighted by Crippen LogP contribution is 2.18. The third-order valence-corrected chi connectivity index (χ3v) is 3.03. The van der Waals surface area contributed by atoms with E-state index in [1.165, 1.54) is 18.4 Å². The Bertz CT molecular complexity index is 312. The number of ether oxygens (including phenoxy) is 2. The zero-order chi connectivity index (χ0) is 13.2. The smallest absolute Gasteiger partial charge is 0.0701 e. The van der Waals surface area contributed by atoms with Crippen LogP contribution in [0.15, 0.2) is 18.5 Å². The fraction of sp³-hybridized carbons (Fsp3) is 0.714. The highest BCUT2D eigenvalue weighted by atomic mass is 16.5. The lowest BCUT2D eigenvalue weighted by atomic mass is 10.1. The van der Waals surface area contributed by atoms with E-state index in [2.05, 4.69) is 35.3 Å². The van der Waals surface area contributed by atoms with Crippen LogP contribution in [0.1, 0.15) is 31.4 Å². The average molecular weight is 254 g/mol. The van der Waals surface area contributed by atoms with Crippen molar-refractivity contribution in [1.29, 1.82) is 0 Å². The highest BCUT2D eigenvalue weighted by Gasteiger charge is 2.08. The quantitative estimate of drug-likeness (QED) is 0.650. The first kappa shape index (κ1) is 15.2. The molecule has 0 radical (unpaired) electrons. The van der Waals surface area contributed by atoms with Gasteiger partial charge >= 0.3 is 0 Å². The number of nitrogens with one attached hydrogen (secondary N) is 1. The molecule has 1 atom stereocenters. The molecule has 1 unspecified atom stereocenters. The zero-order valence-electron chi connectivity index (χ0n) is 11.8. The maximum atomic E-state index is 5.46. The molecule has 4 nitrogen and oxygen atoms in total. The summed E-state index contributed by atoms with van der Waals surface area (Å²) in [7, 11) is 3.71. The van der Waals surface area contributed by atoms with Crippen molar-refractivity contribution in [2.24, 2.45) is 0 Å². The predicted octanol–water partition coefficient (Wildman–Crippen LogP) is 2.21. The Morgan fingerprint density at radius 3 is 2.83 bits per heavy atom. The van der Waals surface area contributed by atoms with E-state index in [4.69, 9.17) is 9.47 Å². The van der Waals surface area contributed by atoms with Crippen LogP contribution in [0.4, 0.5) is 0 Å². The summed E-state index contributed by atoms with van der Waals surface area (Å²) in [5, 5.41) is 3.36. The molecule has 1 aromatic heterocycles. The lowest BCUT2D eigenvalue weighted by Crippen LogP contribution is -2.15. The fourth-order valence-corrected chi connectivity index (χ4v) is 1.99. The Hall–Kier alpha value is -0.840. The van der Waals surface area contributed by atoms with E-state index < -0.39 is 0 Å². The van der Waals surface area contributed by atoms with Gasteiger partial charge in [-0.05, 0) is 25.1 Å². The van der Waals surface area contributed by atoms with Crippen molar-refractivity contribution in [1.82, 2.24) is 9.88 Å². The second kappa shape index (κ2) is 9.14. The summed E-state index contributed by atoms with van der Waals surface area (Å²) in [6.07, 6.45) is 6.69. The topological polar surface area (TPSA) is 35.4 Å². The van der Waals surface area contributed by atoms with Crippen molar-refractivity contribution >= 4 is 0 Å². The van der Waals surface area contributed by atoms with Gasteiger partial charge in [0.2, 0.25) is 0 Å². The third-order valence-electron chi connectivity index (χ3n) is 3.03. The van der Waals surface area contributed by atoms with Crippen LogP contribution in [0.2, 0.25) is 0 Å². The molecular formula is C14H26N2O2. The maximum Gasteiger partial charge on any atom is 0.0701 e. The van der Waals surface area contributed by atoms with Gasteiger partial charge in [0, 0.05) is 32.1 Å². The minimum Gasteiger partial charge on any atom is -0.382 e. The Labute approximate surface area is 110 Å². The van der Waals surface area contributed by atoms with Crippen LogP contribution < -0.4 is 5.32 Å². The Balaban J connectivity index is 2.33. The van der Waals surface area contributed by atoms with Crippen molar-refractivity contribution in [3.8, 4) is 0 Å². The Kier molecular flexibility index (Phi) is 7.73. The number of hydrogen-bond donors (Lipinski definition) is 1. The van der Waals surface area contributed by atoms with Crippen LogP contribution >= 0.6 is 0 Å². The van der Waals surface area contributed by atoms with E-state index in [0.717, 1.165) is 13.2 Å². The molecule has 0 bridgehead atoms. The van der Waals surface area contributed by atoms with Gasteiger partial charge in [-0.1, -0.05) is 13.3 Å². The molecule has 1 aromatic rings. The fourth-order valence-electron chi connectivity index (χ4n) is 1.99. The Morgan fingerprint density at radius 1 is 1.33 bits per heavy atom. The van der Waals surface area contributed by atoms with Crippen LogP contribution in [0.25, 0.3) is 0 Å². The van der Waals surface area contributed by atoms with Crippen LogP contribution in [0.3, 0.4) is 0 Å². The van der Waals surface area contributed by atoms with Gasteiger partial charge in [-0.15, -0.1) is 0 Å². The van der Waals surface area contributed by atoms with Crippen LogP contribution in [0, 0.1) is 0 Å². The molecule has 0 saturated carbocycles. The van der Waals surface area contributed by atoms with E-state index in [9.17, 15) is 0 Å². The second-order valence-corrected chi connectivity index (χ2v) is 4.42. The van der Waals surface area contributed by atoms with Crippen molar-refractivity contribution in [2.75, 3.05) is 34.0 Å². The largest absolute Gasteiger partial charge is 0.382 e. The van der Waals surface area contributed by atoms with Gasteiger partial charge < -0.3 is 19.4 Å². The SMILES string of the molecule is CCCC(NC)c1ccn(CCOCCOC)c1.